The first-order chi connectivity index (χ1) is 11.2. The number of carbonyl (C=O) groups is 2. The van der Waals surface area contributed by atoms with Crippen LogP contribution < -0.4 is 11.1 Å². The predicted octanol–water partition coefficient (Wildman–Crippen LogP) is 2.70. The molecule has 0 unspecified atom stereocenters. The van der Waals surface area contributed by atoms with E-state index in [1.807, 2.05) is 6.92 Å². The van der Waals surface area contributed by atoms with Crippen LogP contribution in [0.15, 0.2) is 6.20 Å². The van der Waals surface area contributed by atoms with Crippen LogP contribution >= 0.6 is 0 Å². The quantitative estimate of drug-likeness (QED) is 0.859. The lowest BCUT2D eigenvalue weighted by atomic mass is 9.80. The van der Waals surface area contributed by atoms with Gasteiger partial charge in [-0.1, -0.05) is 0 Å². The summed E-state index contributed by atoms with van der Waals surface area (Å²) in [6.07, 6.45) is -1.66. The molecule has 1 aromatic rings. The third kappa shape index (κ3) is 4.48. The van der Waals surface area contributed by atoms with Crippen LogP contribution in [0.2, 0.25) is 0 Å². The minimum absolute atomic E-state index is 0.0222. The monoisotopic (exact) mass is 346 g/mol. The fourth-order valence-corrected chi connectivity index (χ4v) is 3.01. The van der Waals surface area contributed by atoms with Crippen molar-refractivity contribution < 1.29 is 22.8 Å². The highest BCUT2D eigenvalue weighted by Gasteiger charge is 2.41. The fraction of sp³-hybridized carbons (Fsp3) is 0.667. The summed E-state index contributed by atoms with van der Waals surface area (Å²) in [6.45, 7) is 2.33. The zero-order valence-corrected chi connectivity index (χ0v) is 13.4. The highest BCUT2D eigenvalue weighted by molar-refractivity contribution is 6.01. The van der Waals surface area contributed by atoms with Gasteiger partial charge < -0.3 is 11.1 Å². The summed E-state index contributed by atoms with van der Waals surface area (Å²) in [4.78, 5) is 23.5. The molecule has 0 spiro atoms. The van der Waals surface area contributed by atoms with Crippen LogP contribution in [-0.2, 0) is 11.3 Å². The number of nitrogens with two attached hydrogens (primary N) is 1. The van der Waals surface area contributed by atoms with Gasteiger partial charge in [0.1, 0.15) is 0 Å². The van der Waals surface area contributed by atoms with Crippen molar-refractivity contribution in [2.75, 3.05) is 5.32 Å². The number of hydrogen-bond acceptors (Lipinski definition) is 3. The first-order valence-electron chi connectivity index (χ1n) is 7.94. The van der Waals surface area contributed by atoms with E-state index in [-0.39, 0.29) is 42.5 Å². The number of nitrogens with zero attached hydrogens (tertiary/aromatic N) is 2. The van der Waals surface area contributed by atoms with E-state index in [0.29, 0.717) is 19.4 Å². The van der Waals surface area contributed by atoms with Crippen LogP contribution in [-0.4, -0.2) is 27.8 Å². The Labute approximate surface area is 137 Å². The molecule has 0 aliphatic heterocycles. The minimum atomic E-state index is -4.15. The van der Waals surface area contributed by atoms with Gasteiger partial charge in [-0.3, -0.25) is 14.3 Å². The summed E-state index contributed by atoms with van der Waals surface area (Å²) < 4.78 is 39.4. The van der Waals surface area contributed by atoms with Crippen molar-refractivity contribution in [3.05, 3.63) is 11.9 Å². The van der Waals surface area contributed by atoms with Crippen LogP contribution in [0.5, 0.6) is 0 Å². The number of carbonyl (C=O) groups excluding carboxylic acids is 2. The molecule has 0 aromatic carbocycles. The van der Waals surface area contributed by atoms with E-state index in [1.54, 1.807) is 0 Å². The maximum Gasteiger partial charge on any atom is 0.391 e. The summed E-state index contributed by atoms with van der Waals surface area (Å²) in [7, 11) is 0. The smallest absolute Gasteiger partial charge is 0.364 e. The Kier molecular flexibility index (Phi) is 5.51. The topological polar surface area (TPSA) is 90.0 Å². The van der Waals surface area contributed by atoms with E-state index in [9.17, 15) is 22.8 Å². The average Bonchev–Trinajstić information content (AvgIpc) is 2.90. The molecule has 0 atom stereocenters. The lowest BCUT2D eigenvalue weighted by Crippen LogP contribution is -2.29. The molecule has 6 nitrogen and oxygen atoms in total. The Morgan fingerprint density at radius 1 is 1.33 bits per heavy atom. The number of alkyl halides is 3. The van der Waals surface area contributed by atoms with E-state index in [1.165, 1.54) is 10.9 Å². The Balaban J connectivity index is 1.91. The number of rotatable bonds is 5. The molecule has 1 aliphatic carbocycles. The second-order valence-corrected chi connectivity index (χ2v) is 6.12. The summed E-state index contributed by atoms with van der Waals surface area (Å²) in [5.41, 5.74) is 5.44. The Bertz CT molecular complexity index is 604. The normalized spacial score (nSPS) is 21.5. The Hall–Kier alpha value is -2.06. The molecular formula is C15H21F3N4O2. The van der Waals surface area contributed by atoms with Crippen LogP contribution in [0.4, 0.5) is 18.9 Å². The molecule has 0 saturated heterocycles. The highest BCUT2D eigenvalue weighted by atomic mass is 19.4. The van der Waals surface area contributed by atoms with Crippen molar-refractivity contribution >= 4 is 17.5 Å². The lowest BCUT2D eigenvalue weighted by Gasteiger charge is -2.29. The third-order valence-corrected chi connectivity index (χ3v) is 4.38. The zero-order valence-electron chi connectivity index (χ0n) is 13.4. The number of halogens is 3. The van der Waals surface area contributed by atoms with Crippen LogP contribution in [0.25, 0.3) is 0 Å². The largest absolute Gasteiger partial charge is 0.391 e. The highest BCUT2D eigenvalue weighted by Crippen LogP contribution is 2.40. The standard InChI is InChI=1S/C15H21F3N4O2/c1-2-22-8-11(13(21-22)14(19)24)20-12(23)7-9-3-5-10(6-4-9)15(16,17)18/h8-10H,2-7H2,1H3,(H2,19,24)(H,20,23). The van der Waals surface area contributed by atoms with Gasteiger partial charge in [0, 0.05) is 19.2 Å². The predicted molar refractivity (Wildman–Crippen MR) is 81.2 cm³/mol. The summed E-state index contributed by atoms with van der Waals surface area (Å²) in [5, 5.41) is 6.56. The van der Waals surface area contributed by atoms with Crippen molar-refractivity contribution in [3.63, 3.8) is 0 Å². The molecule has 1 fully saturated rings. The van der Waals surface area contributed by atoms with Gasteiger partial charge in [-0.05, 0) is 38.5 Å². The number of nitrogens with one attached hydrogen (secondary N) is 1. The number of primary amides is 1. The lowest BCUT2D eigenvalue weighted by molar-refractivity contribution is -0.183. The Morgan fingerprint density at radius 2 is 1.96 bits per heavy atom. The van der Waals surface area contributed by atoms with E-state index >= 15 is 0 Å². The van der Waals surface area contributed by atoms with Gasteiger partial charge in [0.25, 0.3) is 5.91 Å². The number of aromatic nitrogens is 2. The molecule has 9 heteroatoms. The molecule has 1 heterocycles. The third-order valence-electron chi connectivity index (χ3n) is 4.38. The maximum atomic E-state index is 12.6. The molecule has 0 bridgehead atoms. The molecule has 2 rings (SSSR count). The zero-order chi connectivity index (χ0) is 17.9. The van der Waals surface area contributed by atoms with Gasteiger partial charge in [0.2, 0.25) is 5.91 Å². The number of amides is 2. The van der Waals surface area contributed by atoms with Crippen molar-refractivity contribution in [1.29, 1.82) is 0 Å². The van der Waals surface area contributed by atoms with Gasteiger partial charge in [0.05, 0.1) is 11.6 Å². The first-order valence-corrected chi connectivity index (χ1v) is 7.94. The first kappa shape index (κ1) is 18.3. The summed E-state index contributed by atoms with van der Waals surface area (Å²) >= 11 is 0. The van der Waals surface area contributed by atoms with Crippen LogP contribution in [0, 0.1) is 11.8 Å². The van der Waals surface area contributed by atoms with E-state index in [0.717, 1.165) is 0 Å². The van der Waals surface area contributed by atoms with E-state index in [4.69, 9.17) is 5.73 Å². The SMILES string of the molecule is CCn1cc(NC(=O)CC2CCC(C(F)(F)F)CC2)c(C(N)=O)n1. The molecule has 0 radical (unpaired) electrons. The second kappa shape index (κ2) is 7.23. The number of hydrogen-bond donors (Lipinski definition) is 2. The molecule has 1 saturated carbocycles. The molecule has 1 aromatic heterocycles. The second-order valence-electron chi connectivity index (χ2n) is 6.12. The maximum absolute atomic E-state index is 12.6. The van der Waals surface area contributed by atoms with Crippen molar-refractivity contribution in [3.8, 4) is 0 Å². The van der Waals surface area contributed by atoms with Gasteiger partial charge in [-0.15, -0.1) is 0 Å². The van der Waals surface area contributed by atoms with E-state index < -0.39 is 18.0 Å². The minimum Gasteiger partial charge on any atom is -0.364 e. The molecule has 24 heavy (non-hydrogen) atoms. The van der Waals surface area contributed by atoms with E-state index in [2.05, 4.69) is 10.4 Å². The summed E-state index contributed by atoms with van der Waals surface area (Å²) in [6, 6.07) is 0. The van der Waals surface area contributed by atoms with Gasteiger partial charge >= 0.3 is 6.18 Å². The van der Waals surface area contributed by atoms with Crippen LogP contribution in [0.3, 0.4) is 0 Å². The molecule has 3 N–H and O–H groups in total. The van der Waals surface area contributed by atoms with Crippen LogP contribution in [0.1, 0.15) is 49.5 Å². The molecule has 134 valence electrons. The molecular weight excluding hydrogens is 325 g/mol. The summed E-state index contributed by atoms with van der Waals surface area (Å²) in [5.74, 6) is -2.44. The number of anilines is 1. The fourth-order valence-electron chi connectivity index (χ4n) is 3.01. The Morgan fingerprint density at radius 3 is 2.46 bits per heavy atom. The van der Waals surface area contributed by atoms with Crippen molar-refractivity contribution in [2.24, 2.45) is 17.6 Å². The van der Waals surface area contributed by atoms with Crippen molar-refractivity contribution in [1.82, 2.24) is 9.78 Å². The van der Waals surface area contributed by atoms with Gasteiger partial charge in [-0.2, -0.15) is 18.3 Å². The van der Waals surface area contributed by atoms with Gasteiger partial charge in [0.15, 0.2) is 5.69 Å². The van der Waals surface area contributed by atoms with Crippen molar-refractivity contribution in [2.45, 2.75) is 51.7 Å². The molecule has 1 aliphatic rings. The number of aryl methyl sites for hydroxylation is 1. The van der Waals surface area contributed by atoms with Gasteiger partial charge in [-0.25, -0.2) is 0 Å². The molecule has 2 amide bonds. The average molecular weight is 346 g/mol.